The summed E-state index contributed by atoms with van der Waals surface area (Å²) in [6, 6.07) is 3.00. The van der Waals surface area contributed by atoms with E-state index in [4.69, 9.17) is 21.1 Å². The second kappa shape index (κ2) is 6.45. The molecule has 17 heavy (non-hydrogen) atoms. The number of ether oxygens (including phenoxy) is 2. The van der Waals surface area contributed by atoms with Crippen LogP contribution in [-0.2, 0) is 16.0 Å². The van der Waals surface area contributed by atoms with Crippen LogP contribution in [0.25, 0.3) is 0 Å². The molecule has 0 saturated heterocycles. The molecule has 1 rings (SSSR count). The molecule has 5 heteroatoms. The van der Waals surface area contributed by atoms with Gasteiger partial charge < -0.3 is 9.47 Å². The van der Waals surface area contributed by atoms with Crippen molar-refractivity contribution in [2.24, 2.45) is 0 Å². The topological polar surface area (TPSA) is 35.5 Å². The molecular formula is C12H14ClFO3. The summed E-state index contributed by atoms with van der Waals surface area (Å²) >= 11 is 5.87. The molecular weight excluding hydrogens is 247 g/mol. The Hall–Kier alpha value is -1.29. The number of hydrogen-bond acceptors (Lipinski definition) is 3. The van der Waals surface area contributed by atoms with E-state index in [1.165, 1.54) is 13.2 Å². The van der Waals surface area contributed by atoms with Crippen molar-refractivity contribution >= 4 is 17.6 Å². The second-order valence-corrected chi connectivity index (χ2v) is 3.75. The van der Waals surface area contributed by atoms with Gasteiger partial charge in [0.25, 0.3) is 0 Å². The van der Waals surface area contributed by atoms with Gasteiger partial charge in [0.15, 0.2) is 11.6 Å². The van der Waals surface area contributed by atoms with Crippen LogP contribution in [0.4, 0.5) is 4.39 Å². The number of esters is 1. The highest BCUT2D eigenvalue weighted by Gasteiger charge is 2.14. The molecule has 1 aromatic carbocycles. The van der Waals surface area contributed by atoms with E-state index in [-0.39, 0.29) is 35.1 Å². The monoisotopic (exact) mass is 260 g/mol. The quantitative estimate of drug-likeness (QED) is 0.764. The van der Waals surface area contributed by atoms with Crippen LogP contribution in [0.5, 0.6) is 5.75 Å². The maximum atomic E-state index is 13.8. The second-order valence-electron chi connectivity index (χ2n) is 3.35. The van der Waals surface area contributed by atoms with Gasteiger partial charge in [-0.2, -0.15) is 0 Å². The Bertz CT molecular complexity index is 407. The molecule has 0 aliphatic carbocycles. The number of carbonyl (C=O) groups excluding carboxylic acids is 1. The Labute approximate surface area is 104 Å². The standard InChI is InChI=1S/C12H14ClFO3/c1-3-17-11(15)7-4-8-9(13)5-6-10(16-2)12(8)14/h5-6H,3-4,7H2,1-2H3. The van der Waals surface area contributed by atoms with E-state index in [1.807, 2.05) is 0 Å². The molecule has 0 N–H and O–H groups in total. The van der Waals surface area contributed by atoms with Crippen LogP contribution in [0.1, 0.15) is 18.9 Å². The van der Waals surface area contributed by atoms with Gasteiger partial charge in [-0.1, -0.05) is 11.6 Å². The normalized spacial score (nSPS) is 10.1. The highest BCUT2D eigenvalue weighted by molar-refractivity contribution is 6.31. The number of halogens is 2. The van der Waals surface area contributed by atoms with E-state index in [0.717, 1.165) is 0 Å². The van der Waals surface area contributed by atoms with Crippen molar-refractivity contribution < 1.29 is 18.7 Å². The van der Waals surface area contributed by atoms with Crippen molar-refractivity contribution in [2.45, 2.75) is 19.8 Å². The number of carbonyl (C=O) groups is 1. The molecule has 94 valence electrons. The van der Waals surface area contributed by atoms with Gasteiger partial charge in [0, 0.05) is 17.0 Å². The van der Waals surface area contributed by atoms with Gasteiger partial charge >= 0.3 is 5.97 Å². The first-order chi connectivity index (χ1) is 8.10. The summed E-state index contributed by atoms with van der Waals surface area (Å²) in [6.45, 7) is 2.03. The van der Waals surface area contributed by atoms with E-state index in [2.05, 4.69) is 0 Å². The zero-order valence-corrected chi connectivity index (χ0v) is 10.5. The van der Waals surface area contributed by atoms with Gasteiger partial charge in [-0.15, -0.1) is 0 Å². The fraction of sp³-hybridized carbons (Fsp3) is 0.417. The van der Waals surface area contributed by atoms with Gasteiger partial charge in [0.2, 0.25) is 0 Å². The van der Waals surface area contributed by atoms with Crippen molar-refractivity contribution in [3.8, 4) is 5.75 Å². The van der Waals surface area contributed by atoms with Crippen LogP contribution in [0.2, 0.25) is 5.02 Å². The molecule has 0 heterocycles. The lowest BCUT2D eigenvalue weighted by atomic mass is 10.1. The molecule has 0 unspecified atom stereocenters. The number of rotatable bonds is 5. The van der Waals surface area contributed by atoms with Crippen LogP contribution < -0.4 is 4.74 Å². The van der Waals surface area contributed by atoms with E-state index in [0.29, 0.717) is 6.61 Å². The Morgan fingerprint density at radius 3 is 2.76 bits per heavy atom. The zero-order valence-electron chi connectivity index (χ0n) is 9.76. The summed E-state index contributed by atoms with van der Waals surface area (Å²) in [5, 5.41) is 0.285. The summed E-state index contributed by atoms with van der Waals surface area (Å²) in [5.74, 6) is -0.775. The number of hydrogen-bond donors (Lipinski definition) is 0. The third-order valence-corrected chi connectivity index (χ3v) is 2.61. The van der Waals surface area contributed by atoms with Crippen LogP contribution in [0, 0.1) is 5.82 Å². The van der Waals surface area contributed by atoms with Crippen LogP contribution in [0.15, 0.2) is 12.1 Å². The predicted octanol–water partition coefficient (Wildman–Crippen LogP) is 2.98. The molecule has 0 spiro atoms. The average Bonchev–Trinajstić information content (AvgIpc) is 2.29. The summed E-state index contributed by atoms with van der Waals surface area (Å²) < 4.78 is 23.4. The third-order valence-electron chi connectivity index (χ3n) is 2.25. The summed E-state index contributed by atoms with van der Waals surface area (Å²) in [4.78, 5) is 11.2. The molecule has 0 amide bonds. The van der Waals surface area contributed by atoms with Crippen molar-refractivity contribution in [1.29, 1.82) is 0 Å². The van der Waals surface area contributed by atoms with E-state index in [9.17, 15) is 9.18 Å². The largest absolute Gasteiger partial charge is 0.494 e. The lowest BCUT2D eigenvalue weighted by Crippen LogP contribution is -2.06. The average molecular weight is 261 g/mol. The van der Waals surface area contributed by atoms with Crippen molar-refractivity contribution in [1.82, 2.24) is 0 Å². The highest BCUT2D eigenvalue weighted by atomic mass is 35.5. The molecule has 0 bridgehead atoms. The number of benzene rings is 1. The van der Waals surface area contributed by atoms with Crippen molar-refractivity contribution in [2.75, 3.05) is 13.7 Å². The van der Waals surface area contributed by atoms with Gasteiger partial charge in [-0.25, -0.2) is 4.39 Å². The van der Waals surface area contributed by atoms with Gasteiger partial charge in [0.1, 0.15) is 0 Å². The summed E-state index contributed by atoms with van der Waals surface area (Å²) in [5.41, 5.74) is 0.277. The van der Waals surface area contributed by atoms with Gasteiger partial charge in [-0.05, 0) is 25.5 Å². The lowest BCUT2D eigenvalue weighted by Gasteiger charge is -2.09. The minimum atomic E-state index is -0.524. The van der Waals surface area contributed by atoms with E-state index < -0.39 is 5.82 Å². The molecule has 1 aromatic rings. The van der Waals surface area contributed by atoms with Crippen LogP contribution in [-0.4, -0.2) is 19.7 Å². The fourth-order valence-corrected chi connectivity index (χ4v) is 1.66. The van der Waals surface area contributed by atoms with E-state index >= 15 is 0 Å². The van der Waals surface area contributed by atoms with Crippen LogP contribution in [0.3, 0.4) is 0 Å². The zero-order chi connectivity index (χ0) is 12.8. The SMILES string of the molecule is CCOC(=O)CCc1c(Cl)ccc(OC)c1F. The Balaban J connectivity index is 2.79. The maximum absolute atomic E-state index is 13.8. The molecule has 3 nitrogen and oxygen atoms in total. The third kappa shape index (κ3) is 3.60. The first-order valence-electron chi connectivity index (χ1n) is 5.26. The lowest BCUT2D eigenvalue weighted by molar-refractivity contribution is -0.143. The molecule has 0 fully saturated rings. The summed E-state index contributed by atoms with van der Waals surface area (Å²) in [7, 11) is 1.38. The molecule has 0 radical (unpaired) electrons. The molecule has 0 saturated carbocycles. The van der Waals surface area contributed by atoms with Gasteiger partial charge in [0.05, 0.1) is 13.7 Å². The van der Waals surface area contributed by atoms with Gasteiger partial charge in [-0.3, -0.25) is 4.79 Å². The van der Waals surface area contributed by atoms with Crippen molar-refractivity contribution in [3.63, 3.8) is 0 Å². The molecule has 0 aliphatic rings. The Morgan fingerprint density at radius 1 is 1.47 bits per heavy atom. The molecule has 0 aliphatic heterocycles. The first-order valence-corrected chi connectivity index (χ1v) is 5.64. The maximum Gasteiger partial charge on any atom is 0.306 e. The Morgan fingerprint density at radius 2 is 2.18 bits per heavy atom. The first kappa shape index (κ1) is 13.8. The fourth-order valence-electron chi connectivity index (χ4n) is 1.42. The predicted molar refractivity (Wildman–Crippen MR) is 62.9 cm³/mol. The smallest absolute Gasteiger partial charge is 0.306 e. The van der Waals surface area contributed by atoms with Crippen molar-refractivity contribution in [3.05, 3.63) is 28.5 Å². The summed E-state index contributed by atoms with van der Waals surface area (Å²) in [6.07, 6.45) is 0.290. The van der Waals surface area contributed by atoms with E-state index in [1.54, 1.807) is 13.0 Å². The minimum Gasteiger partial charge on any atom is -0.494 e. The molecule has 0 atom stereocenters. The number of methoxy groups -OCH3 is 1. The Kier molecular flexibility index (Phi) is 5.22. The molecule has 0 aromatic heterocycles. The minimum absolute atomic E-state index is 0.0949. The highest BCUT2D eigenvalue weighted by Crippen LogP contribution is 2.28. The van der Waals surface area contributed by atoms with Crippen LogP contribution >= 0.6 is 11.6 Å².